The summed E-state index contributed by atoms with van der Waals surface area (Å²) in [6.07, 6.45) is -2.85. The lowest BCUT2D eigenvalue weighted by molar-refractivity contribution is -0.274. The lowest BCUT2D eigenvalue weighted by atomic mass is 9.84. The highest BCUT2D eigenvalue weighted by molar-refractivity contribution is 6.30. The molecule has 4 aromatic rings. The van der Waals surface area contributed by atoms with Crippen molar-refractivity contribution in [3.63, 3.8) is 0 Å². The first-order valence-corrected chi connectivity index (χ1v) is 10.4. The first-order valence-electron chi connectivity index (χ1n) is 9.98. The second kappa shape index (κ2) is 9.39. The highest BCUT2D eigenvalue weighted by atomic mass is 35.5. The van der Waals surface area contributed by atoms with Crippen molar-refractivity contribution in [3.8, 4) is 16.9 Å². The molecule has 1 N–H and O–H groups in total. The zero-order valence-corrected chi connectivity index (χ0v) is 18.6. The maximum atomic E-state index is 15.8. The van der Waals surface area contributed by atoms with Crippen molar-refractivity contribution >= 4 is 11.6 Å². The fourth-order valence-corrected chi connectivity index (χ4v) is 3.64. The van der Waals surface area contributed by atoms with E-state index in [0.717, 1.165) is 53.6 Å². The van der Waals surface area contributed by atoms with Gasteiger partial charge in [0.25, 0.3) is 0 Å². The van der Waals surface area contributed by atoms with Crippen LogP contribution in [0.25, 0.3) is 11.1 Å². The highest BCUT2D eigenvalue weighted by Crippen LogP contribution is 2.47. The van der Waals surface area contributed by atoms with Crippen LogP contribution in [0.3, 0.4) is 0 Å². The Labute approximate surface area is 203 Å². The van der Waals surface area contributed by atoms with Gasteiger partial charge in [0, 0.05) is 22.3 Å². The Morgan fingerprint density at radius 2 is 1.64 bits per heavy atom. The maximum absolute atomic E-state index is 15.8. The Bertz CT molecular complexity index is 1330. The third kappa shape index (κ3) is 5.11. The van der Waals surface area contributed by atoms with Crippen LogP contribution in [0.1, 0.15) is 11.3 Å². The quantitative estimate of drug-likeness (QED) is 0.335. The number of alkyl halides is 5. The van der Waals surface area contributed by atoms with Gasteiger partial charge in [-0.15, -0.1) is 18.3 Å². The summed E-state index contributed by atoms with van der Waals surface area (Å²) < 4.78 is 87.9. The number of hydrogen-bond donors (Lipinski definition) is 1. The average Bonchev–Trinajstić information content (AvgIpc) is 3.31. The van der Waals surface area contributed by atoms with Gasteiger partial charge >= 0.3 is 12.3 Å². The molecule has 0 aliphatic carbocycles. The summed E-state index contributed by atoms with van der Waals surface area (Å²) in [4.78, 5) is 3.75. The van der Waals surface area contributed by atoms with Crippen LogP contribution in [-0.4, -0.2) is 36.7 Å². The molecule has 14 heteroatoms. The number of pyridine rings is 1. The largest absolute Gasteiger partial charge is 0.573 e. The summed E-state index contributed by atoms with van der Waals surface area (Å²) in [6, 6.07) is 9.66. The van der Waals surface area contributed by atoms with Crippen molar-refractivity contribution in [1.82, 2.24) is 25.2 Å². The van der Waals surface area contributed by atoms with Crippen LogP contribution < -0.4 is 4.74 Å². The van der Waals surface area contributed by atoms with E-state index in [0.29, 0.717) is 5.56 Å². The summed E-state index contributed by atoms with van der Waals surface area (Å²) in [6.45, 7) is -0.935. The van der Waals surface area contributed by atoms with Crippen LogP contribution in [0.4, 0.5) is 26.3 Å². The molecule has 1 atom stereocenters. The van der Waals surface area contributed by atoms with Crippen LogP contribution in [0, 0.1) is 5.82 Å². The lowest BCUT2D eigenvalue weighted by Gasteiger charge is -2.35. The molecule has 1 unspecified atom stereocenters. The first kappa shape index (κ1) is 25.4. The molecule has 2 aromatic carbocycles. The molecule has 188 valence electrons. The van der Waals surface area contributed by atoms with Gasteiger partial charge in [0.1, 0.15) is 23.6 Å². The van der Waals surface area contributed by atoms with E-state index in [2.05, 4.69) is 25.2 Å². The molecular formula is C22H14ClF6N5O2. The summed E-state index contributed by atoms with van der Waals surface area (Å²) in [5.74, 6) is -5.81. The summed E-state index contributed by atoms with van der Waals surface area (Å²) >= 11 is 5.74. The summed E-state index contributed by atoms with van der Waals surface area (Å²) in [7, 11) is 0. The maximum Gasteiger partial charge on any atom is 0.573 e. The summed E-state index contributed by atoms with van der Waals surface area (Å²) in [5, 5.41) is 21.3. The number of aliphatic hydroxyl groups is 1. The number of halogens is 7. The molecule has 0 bridgehead atoms. The summed E-state index contributed by atoms with van der Waals surface area (Å²) in [5.41, 5.74) is -4.22. The van der Waals surface area contributed by atoms with Crippen LogP contribution in [0.2, 0.25) is 5.02 Å². The molecule has 0 spiro atoms. The van der Waals surface area contributed by atoms with Gasteiger partial charge in [-0.25, -0.2) is 9.07 Å². The number of aromatic nitrogens is 5. The number of ether oxygens (including phenoxy) is 1. The molecule has 0 fully saturated rings. The van der Waals surface area contributed by atoms with Crippen molar-refractivity contribution in [2.24, 2.45) is 0 Å². The molecule has 0 amide bonds. The predicted octanol–water partition coefficient (Wildman–Crippen LogP) is 5.11. The fourth-order valence-electron chi connectivity index (χ4n) is 3.48. The number of hydrogen-bond acceptors (Lipinski definition) is 6. The van der Waals surface area contributed by atoms with Crippen LogP contribution in [0.15, 0.2) is 67.1 Å². The second-order valence-corrected chi connectivity index (χ2v) is 8.01. The molecule has 0 saturated heterocycles. The van der Waals surface area contributed by atoms with Crippen molar-refractivity contribution in [3.05, 3.63) is 89.2 Å². The van der Waals surface area contributed by atoms with E-state index in [1.54, 1.807) is 0 Å². The molecule has 2 heterocycles. The standard InChI is InChI=1S/C22H14ClF6N5O2/c23-15-4-7-17(18(24)9-15)20(35,11-34-12-31-32-33-34)21(25,26)19-8-3-14(10-30-19)13-1-5-16(6-2-13)36-22(27,28)29/h1-10,12,35H,11H2. The van der Waals surface area contributed by atoms with Crippen LogP contribution in [0.5, 0.6) is 5.75 Å². The molecule has 36 heavy (non-hydrogen) atoms. The van der Waals surface area contributed by atoms with Crippen molar-refractivity contribution < 1.29 is 36.2 Å². The normalized spacial score (nSPS) is 13.9. The van der Waals surface area contributed by atoms with E-state index in [1.807, 2.05) is 0 Å². The molecular weight excluding hydrogens is 516 g/mol. The van der Waals surface area contributed by atoms with Gasteiger partial charge in [0.15, 0.2) is 5.60 Å². The molecule has 0 saturated carbocycles. The third-order valence-electron chi connectivity index (χ3n) is 5.18. The number of rotatable bonds is 7. The van der Waals surface area contributed by atoms with Crippen molar-refractivity contribution in [2.75, 3.05) is 0 Å². The Kier molecular flexibility index (Phi) is 6.62. The molecule has 0 aliphatic heterocycles. The third-order valence-corrected chi connectivity index (χ3v) is 5.42. The first-order chi connectivity index (χ1) is 16.9. The predicted molar refractivity (Wildman–Crippen MR) is 113 cm³/mol. The number of nitrogens with zero attached hydrogens (tertiary/aromatic N) is 5. The topological polar surface area (TPSA) is 86.0 Å². The Hall–Kier alpha value is -3.71. The van der Waals surface area contributed by atoms with E-state index in [4.69, 9.17) is 11.6 Å². The second-order valence-electron chi connectivity index (χ2n) is 7.57. The SMILES string of the molecule is OC(Cn1cnnn1)(c1ccc(Cl)cc1F)C(F)(F)c1ccc(-c2ccc(OC(F)(F)F)cc2)cn1. The minimum atomic E-state index is -4.86. The fraction of sp³-hybridized carbons (Fsp3) is 0.182. The van der Waals surface area contributed by atoms with Crippen LogP contribution in [-0.2, 0) is 18.1 Å². The molecule has 2 aromatic heterocycles. The van der Waals surface area contributed by atoms with Gasteiger partial charge in [-0.1, -0.05) is 35.9 Å². The average molecular weight is 530 g/mol. The molecule has 0 aliphatic rings. The zero-order valence-electron chi connectivity index (χ0n) is 17.8. The van der Waals surface area contributed by atoms with Gasteiger partial charge in [-0.2, -0.15) is 8.78 Å². The van der Waals surface area contributed by atoms with Gasteiger partial charge in [-0.05, 0) is 46.3 Å². The van der Waals surface area contributed by atoms with Crippen molar-refractivity contribution in [1.29, 1.82) is 0 Å². The van der Waals surface area contributed by atoms with Gasteiger partial charge in [-0.3, -0.25) is 4.98 Å². The molecule has 4 rings (SSSR count). The smallest absolute Gasteiger partial charge is 0.406 e. The van der Waals surface area contributed by atoms with Gasteiger partial charge in [0.2, 0.25) is 0 Å². The number of benzene rings is 2. The van der Waals surface area contributed by atoms with Crippen LogP contribution >= 0.6 is 11.6 Å². The molecule has 7 nitrogen and oxygen atoms in total. The number of tetrazole rings is 1. The van der Waals surface area contributed by atoms with Gasteiger partial charge < -0.3 is 9.84 Å². The Morgan fingerprint density at radius 1 is 0.944 bits per heavy atom. The van der Waals surface area contributed by atoms with Gasteiger partial charge in [0.05, 0.1) is 6.54 Å². The van der Waals surface area contributed by atoms with E-state index in [-0.39, 0.29) is 10.6 Å². The minimum Gasteiger partial charge on any atom is -0.406 e. The Morgan fingerprint density at radius 3 is 2.19 bits per heavy atom. The van der Waals surface area contributed by atoms with E-state index in [1.165, 1.54) is 18.2 Å². The van der Waals surface area contributed by atoms with E-state index in [9.17, 15) is 22.7 Å². The van der Waals surface area contributed by atoms with Crippen molar-refractivity contribution in [2.45, 2.75) is 24.4 Å². The zero-order chi connectivity index (χ0) is 26.1. The Balaban J connectivity index is 1.69. The molecule has 0 radical (unpaired) electrons. The van der Waals surface area contributed by atoms with E-state index >= 15 is 8.78 Å². The minimum absolute atomic E-state index is 0.0709. The van der Waals surface area contributed by atoms with E-state index < -0.39 is 47.3 Å². The highest BCUT2D eigenvalue weighted by Gasteiger charge is 2.57. The monoisotopic (exact) mass is 529 g/mol. The lowest BCUT2D eigenvalue weighted by Crippen LogP contribution is -2.48.